The Kier molecular flexibility index (Phi) is 5.17. The van der Waals surface area contributed by atoms with Gasteiger partial charge < -0.3 is 10.6 Å². The molecule has 4 nitrogen and oxygen atoms in total. The van der Waals surface area contributed by atoms with Crippen LogP contribution in [0.15, 0.2) is 0 Å². The summed E-state index contributed by atoms with van der Waals surface area (Å²) in [5, 5.41) is 5.20. The normalized spacial score (nSPS) is 24.4. The number of amides is 2. The maximum atomic E-state index is 11.9. The first-order valence-corrected chi connectivity index (χ1v) is 6.83. The van der Waals surface area contributed by atoms with Gasteiger partial charge in [0, 0.05) is 13.0 Å². The van der Waals surface area contributed by atoms with E-state index in [4.69, 9.17) is 0 Å². The number of likely N-dealkylation sites (N-methyl/N-ethyl adjacent to an activating group) is 1. The molecule has 1 saturated carbocycles. The van der Waals surface area contributed by atoms with Crippen molar-refractivity contribution in [3.63, 3.8) is 0 Å². The molecule has 0 bridgehead atoms. The monoisotopic (exact) mass is 254 g/mol. The highest BCUT2D eigenvalue weighted by Crippen LogP contribution is 2.39. The number of hydrogen-bond donors (Lipinski definition) is 2. The molecular weight excluding hydrogens is 228 g/mol. The van der Waals surface area contributed by atoms with Crippen molar-refractivity contribution in [2.75, 3.05) is 13.6 Å². The van der Waals surface area contributed by atoms with Crippen LogP contribution < -0.4 is 10.6 Å². The summed E-state index contributed by atoms with van der Waals surface area (Å²) in [6.45, 7) is 6.89. The highest BCUT2D eigenvalue weighted by Gasteiger charge is 2.32. The van der Waals surface area contributed by atoms with E-state index in [1.54, 1.807) is 7.05 Å². The highest BCUT2D eigenvalue weighted by molar-refractivity contribution is 5.85. The molecule has 0 aromatic rings. The summed E-state index contributed by atoms with van der Waals surface area (Å²) in [6, 6.07) is 0. The van der Waals surface area contributed by atoms with Crippen LogP contribution in [0.25, 0.3) is 0 Å². The molecule has 0 unspecified atom stereocenters. The van der Waals surface area contributed by atoms with E-state index in [0.29, 0.717) is 11.3 Å². The molecule has 0 radical (unpaired) electrons. The van der Waals surface area contributed by atoms with Gasteiger partial charge >= 0.3 is 0 Å². The second kappa shape index (κ2) is 6.21. The third-order valence-electron chi connectivity index (χ3n) is 4.02. The van der Waals surface area contributed by atoms with Crippen molar-refractivity contribution in [2.45, 2.75) is 46.5 Å². The van der Waals surface area contributed by atoms with Gasteiger partial charge in [-0.2, -0.15) is 0 Å². The molecule has 0 aromatic heterocycles. The zero-order valence-electron chi connectivity index (χ0n) is 12.0. The zero-order chi connectivity index (χ0) is 13.8. The van der Waals surface area contributed by atoms with E-state index < -0.39 is 0 Å². The van der Waals surface area contributed by atoms with Crippen molar-refractivity contribution < 1.29 is 9.59 Å². The molecule has 2 amide bonds. The third kappa shape index (κ3) is 4.31. The fourth-order valence-corrected chi connectivity index (χ4v) is 2.62. The largest absolute Gasteiger partial charge is 0.358 e. The van der Waals surface area contributed by atoms with E-state index in [-0.39, 0.29) is 24.3 Å². The van der Waals surface area contributed by atoms with Gasteiger partial charge in [-0.05, 0) is 37.0 Å². The second-order valence-corrected chi connectivity index (χ2v) is 6.31. The Bertz CT molecular complexity index is 299. The van der Waals surface area contributed by atoms with Gasteiger partial charge in [0.05, 0.1) is 6.54 Å². The van der Waals surface area contributed by atoms with Crippen LogP contribution in [-0.4, -0.2) is 25.4 Å². The van der Waals surface area contributed by atoms with Gasteiger partial charge in [0.25, 0.3) is 0 Å². The smallest absolute Gasteiger partial charge is 0.239 e. The molecule has 0 saturated heterocycles. The molecule has 1 fully saturated rings. The van der Waals surface area contributed by atoms with Gasteiger partial charge in [0.2, 0.25) is 11.8 Å². The second-order valence-electron chi connectivity index (χ2n) is 6.31. The average molecular weight is 254 g/mol. The number of carbonyl (C=O) groups excluding carboxylic acids is 2. The van der Waals surface area contributed by atoms with Crippen molar-refractivity contribution in [1.29, 1.82) is 0 Å². The van der Waals surface area contributed by atoms with Gasteiger partial charge in [0.15, 0.2) is 0 Å². The first kappa shape index (κ1) is 15.0. The van der Waals surface area contributed by atoms with Crippen LogP contribution >= 0.6 is 0 Å². The summed E-state index contributed by atoms with van der Waals surface area (Å²) < 4.78 is 0. The molecule has 18 heavy (non-hydrogen) atoms. The molecule has 2 N–H and O–H groups in total. The predicted molar refractivity (Wildman–Crippen MR) is 72.0 cm³/mol. The molecule has 1 aliphatic carbocycles. The number of carbonyl (C=O) groups is 2. The Balaban J connectivity index is 2.34. The molecule has 0 aromatic carbocycles. The molecular formula is C14H26N2O2. The van der Waals surface area contributed by atoms with Crippen LogP contribution in [0.5, 0.6) is 0 Å². The topological polar surface area (TPSA) is 58.2 Å². The molecule has 1 rings (SSSR count). The van der Waals surface area contributed by atoms with Crippen LogP contribution in [0, 0.1) is 17.3 Å². The summed E-state index contributed by atoms with van der Waals surface area (Å²) in [5.41, 5.74) is 0.337. The fourth-order valence-electron chi connectivity index (χ4n) is 2.62. The molecule has 0 aliphatic heterocycles. The number of hydrogen-bond acceptors (Lipinski definition) is 2. The summed E-state index contributed by atoms with van der Waals surface area (Å²) >= 11 is 0. The summed E-state index contributed by atoms with van der Waals surface area (Å²) in [6.07, 6.45) is 4.12. The van der Waals surface area contributed by atoms with Gasteiger partial charge in [-0.1, -0.05) is 20.8 Å². The van der Waals surface area contributed by atoms with Crippen molar-refractivity contribution in [1.82, 2.24) is 10.6 Å². The molecule has 0 heterocycles. The third-order valence-corrected chi connectivity index (χ3v) is 4.02. The lowest BCUT2D eigenvalue weighted by molar-refractivity contribution is -0.129. The minimum atomic E-state index is -0.147. The summed E-state index contributed by atoms with van der Waals surface area (Å²) in [4.78, 5) is 22.9. The Morgan fingerprint density at radius 1 is 1.11 bits per heavy atom. The number of rotatable bonds is 3. The van der Waals surface area contributed by atoms with Crippen LogP contribution in [0.1, 0.15) is 46.5 Å². The molecule has 4 heteroatoms. The molecule has 104 valence electrons. The van der Waals surface area contributed by atoms with E-state index in [0.717, 1.165) is 25.7 Å². The minimum Gasteiger partial charge on any atom is -0.358 e. The Morgan fingerprint density at radius 2 is 1.67 bits per heavy atom. The zero-order valence-corrected chi connectivity index (χ0v) is 12.0. The Labute approximate surface area is 110 Å². The maximum Gasteiger partial charge on any atom is 0.239 e. The molecule has 0 atom stereocenters. The Hall–Kier alpha value is -1.06. The standard InChI is InChI=1S/C14H26N2O2/c1-14(2,3)11-7-5-10(6-8-11)13(18)16-9-12(17)15-4/h10-11H,5-9H2,1-4H3,(H,15,17)(H,16,18). The van der Waals surface area contributed by atoms with Crippen LogP contribution in [-0.2, 0) is 9.59 Å². The van der Waals surface area contributed by atoms with E-state index >= 15 is 0 Å². The van der Waals surface area contributed by atoms with Crippen LogP contribution in [0.2, 0.25) is 0 Å². The van der Waals surface area contributed by atoms with Gasteiger partial charge in [0.1, 0.15) is 0 Å². The minimum absolute atomic E-state index is 0.0333. The maximum absolute atomic E-state index is 11.9. The quantitative estimate of drug-likeness (QED) is 0.805. The molecule has 1 aliphatic rings. The summed E-state index contributed by atoms with van der Waals surface area (Å²) in [7, 11) is 1.57. The van der Waals surface area contributed by atoms with Crippen molar-refractivity contribution in [3.05, 3.63) is 0 Å². The average Bonchev–Trinajstić information content (AvgIpc) is 2.34. The SMILES string of the molecule is CNC(=O)CNC(=O)C1CCC(C(C)(C)C)CC1. The van der Waals surface area contributed by atoms with Crippen molar-refractivity contribution in [2.24, 2.45) is 17.3 Å². The first-order valence-electron chi connectivity index (χ1n) is 6.83. The van der Waals surface area contributed by atoms with E-state index in [1.807, 2.05) is 0 Å². The van der Waals surface area contributed by atoms with Crippen LogP contribution in [0.3, 0.4) is 0 Å². The Morgan fingerprint density at radius 3 is 2.11 bits per heavy atom. The van der Waals surface area contributed by atoms with E-state index in [2.05, 4.69) is 31.4 Å². The highest BCUT2D eigenvalue weighted by atomic mass is 16.2. The predicted octanol–water partition coefficient (Wildman–Crippen LogP) is 1.70. The fraction of sp³-hybridized carbons (Fsp3) is 0.857. The molecule has 0 spiro atoms. The first-order chi connectivity index (χ1) is 8.34. The summed E-state index contributed by atoms with van der Waals surface area (Å²) in [5.74, 6) is 0.687. The van der Waals surface area contributed by atoms with Crippen LogP contribution in [0.4, 0.5) is 0 Å². The van der Waals surface area contributed by atoms with Gasteiger partial charge in [-0.3, -0.25) is 9.59 Å². The van der Waals surface area contributed by atoms with Crippen molar-refractivity contribution >= 4 is 11.8 Å². The van der Waals surface area contributed by atoms with E-state index in [1.165, 1.54) is 0 Å². The lowest BCUT2D eigenvalue weighted by Gasteiger charge is -2.36. The van der Waals surface area contributed by atoms with Gasteiger partial charge in [-0.25, -0.2) is 0 Å². The lowest BCUT2D eigenvalue weighted by Crippen LogP contribution is -2.40. The lowest BCUT2D eigenvalue weighted by atomic mass is 9.70. The van der Waals surface area contributed by atoms with Crippen molar-refractivity contribution in [3.8, 4) is 0 Å². The number of nitrogens with one attached hydrogen (secondary N) is 2. The van der Waals surface area contributed by atoms with Gasteiger partial charge in [-0.15, -0.1) is 0 Å². The van der Waals surface area contributed by atoms with E-state index in [9.17, 15) is 9.59 Å².